The van der Waals surface area contributed by atoms with Gasteiger partial charge in [0, 0.05) is 12.6 Å². The van der Waals surface area contributed by atoms with E-state index in [0.717, 1.165) is 19.3 Å². The van der Waals surface area contributed by atoms with Crippen molar-refractivity contribution >= 4 is 0 Å². The predicted molar refractivity (Wildman–Crippen MR) is 72.9 cm³/mol. The third-order valence-corrected chi connectivity index (χ3v) is 2.93. The fourth-order valence-electron chi connectivity index (χ4n) is 1.78. The highest BCUT2D eigenvalue weighted by Crippen LogP contribution is 2.18. The summed E-state index contributed by atoms with van der Waals surface area (Å²) in [5, 5.41) is 13.0. The monoisotopic (exact) mass is 233 g/mol. The van der Waals surface area contributed by atoms with Crippen LogP contribution in [0.1, 0.15) is 37.8 Å². The van der Waals surface area contributed by atoms with Gasteiger partial charge in [-0.3, -0.25) is 0 Å². The van der Waals surface area contributed by atoms with Crippen molar-refractivity contribution in [2.75, 3.05) is 6.54 Å². The van der Waals surface area contributed by atoms with Gasteiger partial charge in [0.2, 0.25) is 0 Å². The van der Waals surface area contributed by atoms with E-state index in [9.17, 15) is 5.11 Å². The molecule has 2 heteroatoms. The van der Waals surface area contributed by atoms with Crippen LogP contribution in [0, 0.1) is 0 Å². The minimum Gasteiger partial charge on any atom is -0.392 e. The van der Waals surface area contributed by atoms with Gasteiger partial charge >= 0.3 is 0 Å². The molecule has 1 aromatic carbocycles. The Hall–Kier alpha value is -1.12. The molecule has 0 aliphatic heterocycles. The second-order valence-corrected chi connectivity index (χ2v) is 4.30. The van der Waals surface area contributed by atoms with Crippen molar-refractivity contribution in [1.82, 2.24) is 5.32 Å². The minimum absolute atomic E-state index is 0.259. The normalized spacial score (nSPS) is 14.2. The van der Waals surface area contributed by atoms with Crippen molar-refractivity contribution in [3.05, 3.63) is 48.6 Å². The largest absolute Gasteiger partial charge is 0.392 e. The van der Waals surface area contributed by atoms with E-state index in [1.807, 2.05) is 31.2 Å². The molecule has 0 radical (unpaired) electrons. The number of benzene rings is 1. The topological polar surface area (TPSA) is 32.3 Å². The van der Waals surface area contributed by atoms with Crippen LogP contribution in [0.5, 0.6) is 0 Å². The zero-order chi connectivity index (χ0) is 12.5. The Morgan fingerprint density at radius 1 is 1.35 bits per heavy atom. The Bertz CT molecular complexity index is 310. The first kappa shape index (κ1) is 13.9. The van der Waals surface area contributed by atoms with Crippen LogP contribution in [0.4, 0.5) is 0 Å². The number of hydrogen-bond donors (Lipinski definition) is 2. The molecule has 0 fully saturated rings. The van der Waals surface area contributed by atoms with Gasteiger partial charge in [-0.1, -0.05) is 43.3 Å². The van der Waals surface area contributed by atoms with Crippen LogP contribution in [-0.4, -0.2) is 17.8 Å². The van der Waals surface area contributed by atoms with Crippen molar-refractivity contribution in [3.63, 3.8) is 0 Å². The molecule has 0 saturated heterocycles. The van der Waals surface area contributed by atoms with Crippen LogP contribution in [0.2, 0.25) is 0 Å². The second kappa shape index (κ2) is 8.04. The Morgan fingerprint density at radius 2 is 2.06 bits per heavy atom. The van der Waals surface area contributed by atoms with Gasteiger partial charge in [0.1, 0.15) is 0 Å². The van der Waals surface area contributed by atoms with Crippen molar-refractivity contribution in [3.8, 4) is 0 Å². The molecule has 0 spiro atoms. The highest BCUT2D eigenvalue weighted by Gasteiger charge is 2.11. The van der Waals surface area contributed by atoms with Crippen LogP contribution >= 0.6 is 0 Å². The maximum Gasteiger partial charge on any atom is 0.0662 e. The lowest BCUT2D eigenvalue weighted by molar-refractivity contribution is 0.162. The van der Waals surface area contributed by atoms with Gasteiger partial charge < -0.3 is 10.4 Å². The van der Waals surface area contributed by atoms with E-state index in [1.54, 1.807) is 0 Å². The van der Waals surface area contributed by atoms with Gasteiger partial charge in [-0.15, -0.1) is 6.58 Å². The van der Waals surface area contributed by atoms with E-state index < -0.39 is 0 Å². The third kappa shape index (κ3) is 5.16. The smallest absolute Gasteiger partial charge is 0.0662 e. The zero-order valence-electron chi connectivity index (χ0n) is 10.6. The average molecular weight is 233 g/mol. The van der Waals surface area contributed by atoms with Crippen molar-refractivity contribution in [1.29, 1.82) is 0 Å². The fourth-order valence-corrected chi connectivity index (χ4v) is 1.78. The van der Waals surface area contributed by atoms with E-state index >= 15 is 0 Å². The number of allylic oxidation sites excluding steroid dienone is 1. The molecule has 2 unspecified atom stereocenters. The van der Waals surface area contributed by atoms with Gasteiger partial charge in [0.15, 0.2) is 0 Å². The second-order valence-electron chi connectivity index (χ2n) is 4.30. The molecular formula is C15H23NO. The van der Waals surface area contributed by atoms with Crippen LogP contribution in [0.3, 0.4) is 0 Å². The van der Waals surface area contributed by atoms with Crippen LogP contribution in [0.25, 0.3) is 0 Å². The first-order valence-corrected chi connectivity index (χ1v) is 6.35. The lowest BCUT2D eigenvalue weighted by Gasteiger charge is -2.20. The first-order valence-electron chi connectivity index (χ1n) is 6.35. The Balaban J connectivity index is 2.57. The molecule has 94 valence electrons. The zero-order valence-corrected chi connectivity index (χ0v) is 10.6. The summed E-state index contributed by atoms with van der Waals surface area (Å²) in [5.41, 5.74) is 1.28. The molecule has 1 aromatic rings. The summed E-state index contributed by atoms with van der Waals surface area (Å²) >= 11 is 0. The van der Waals surface area contributed by atoms with Crippen molar-refractivity contribution in [2.45, 2.75) is 38.3 Å². The van der Waals surface area contributed by atoms with E-state index in [4.69, 9.17) is 0 Å². The molecule has 0 heterocycles. The molecule has 0 bridgehead atoms. The summed E-state index contributed by atoms with van der Waals surface area (Å²) in [6.07, 6.45) is 4.47. The summed E-state index contributed by atoms with van der Waals surface area (Å²) in [4.78, 5) is 0. The number of aliphatic hydroxyl groups is 1. The van der Waals surface area contributed by atoms with Crippen molar-refractivity contribution < 1.29 is 5.11 Å². The molecule has 0 aliphatic carbocycles. The first-order chi connectivity index (χ1) is 8.27. The maximum atomic E-state index is 9.60. The summed E-state index contributed by atoms with van der Waals surface area (Å²) in [6.45, 7) is 6.40. The number of aliphatic hydroxyl groups excluding tert-OH is 1. The van der Waals surface area contributed by atoms with Gasteiger partial charge in [-0.2, -0.15) is 0 Å². The molecule has 17 heavy (non-hydrogen) atoms. The number of rotatable bonds is 8. The molecule has 0 amide bonds. The summed E-state index contributed by atoms with van der Waals surface area (Å²) in [7, 11) is 0. The maximum absolute atomic E-state index is 9.60. The lowest BCUT2D eigenvalue weighted by atomic mass is 10.0. The molecule has 1 rings (SSSR count). The van der Waals surface area contributed by atoms with Crippen LogP contribution in [0.15, 0.2) is 43.0 Å². The number of nitrogens with one attached hydrogen (secondary N) is 1. The van der Waals surface area contributed by atoms with Gasteiger partial charge in [0.05, 0.1) is 6.10 Å². The summed E-state index contributed by atoms with van der Waals surface area (Å²) in [5.74, 6) is 0. The van der Waals surface area contributed by atoms with Crippen LogP contribution in [-0.2, 0) is 0 Å². The molecule has 2 nitrogen and oxygen atoms in total. The molecule has 2 atom stereocenters. The Morgan fingerprint density at radius 3 is 2.65 bits per heavy atom. The quantitative estimate of drug-likeness (QED) is 0.676. The highest BCUT2D eigenvalue weighted by molar-refractivity contribution is 5.18. The van der Waals surface area contributed by atoms with E-state index in [0.29, 0.717) is 12.6 Å². The summed E-state index contributed by atoms with van der Waals surface area (Å²) < 4.78 is 0. The Kier molecular flexibility index (Phi) is 6.60. The minimum atomic E-state index is -0.259. The van der Waals surface area contributed by atoms with Crippen LogP contribution < -0.4 is 5.32 Å². The predicted octanol–water partition coefficient (Wildman–Crippen LogP) is 3.05. The standard InChI is InChI=1S/C15H23NO/c1-3-5-11-15(16-12-14(17)4-2)13-9-7-6-8-10-13/h3,6-10,14-17H,1,4-5,11-12H2,2H3. The fraction of sp³-hybridized carbons (Fsp3) is 0.467. The van der Waals surface area contributed by atoms with Gasteiger partial charge in [0.25, 0.3) is 0 Å². The van der Waals surface area contributed by atoms with E-state index in [2.05, 4.69) is 24.0 Å². The average Bonchev–Trinajstić information content (AvgIpc) is 2.39. The highest BCUT2D eigenvalue weighted by atomic mass is 16.3. The molecule has 2 N–H and O–H groups in total. The Labute approximate surface area is 104 Å². The van der Waals surface area contributed by atoms with Gasteiger partial charge in [-0.25, -0.2) is 0 Å². The molecule has 0 aromatic heterocycles. The van der Waals surface area contributed by atoms with E-state index in [-0.39, 0.29) is 6.10 Å². The SMILES string of the molecule is C=CCCC(NCC(O)CC)c1ccccc1. The van der Waals surface area contributed by atoms with Crippen molar-refractivity contribution in [2.24, 2.45) is 0 Å². The molecule has 0 saturated carbocycles. The lowest BCUT2D eigenvalue weighted by Crippen LogP contribution is -2.30. The number of hydrogen-bond acceptors (Lipinski definition) is 2. The third-order valence-electron chi connectivity index (χ3n) is 2.93. The van der Waals surface area contributed by atoms with E-state index in [1.165, 1.54) is 5.56 Å². The summed E-state index contributed by atoms with van der Waals surface area (Å²) in [6, 6.07) is 10.7. The van der Waals surface area contributed by atoms with Gasteiger partial charge in [-0.05, 0) is 24.8 Å². The molecular weight excluding hydrogens is 210 g/mol. The molecule has 0 aliphatic rings.